The minimum absolute atomic E-state index is 0.0254. The first-order chi connectivity index (χ1) is 16.5. The number of fused-ring (bicyclic) bond motifs is 1. The number of nitrogens with zero attached hydrogens (tertiary/aromatic N) is 3. The molecule has 0 saturated heterocycles. The number of rotatable bonds is 5. The van der Waals surface area contributed by atoms with Crippen molar-refractivity contribution in [3.05, 3.63) is 106 Å². The maximum atomic E-state index is 12.7. The Hall–Kier alpha value is -3.68. The van der Waals surface area contributed by atoms with Crippen LogP contribution in [0.2, 0.25) is 5.02 Å². The molecule has 1 atom stereocenters. The number of thioether (sulfide) groups is 1. The zero-order valence-corrected chi connectivity index (χ0v) is 19.7. The molecule has 34 heavy (non-hydrogen) atoms. The lowest BCUT2D eigenvalue weighted by Crippen LogP contribution is -2.35. The Morgan fingerprint density at radius 2 is 1.74 bits per heavy atom. The molecule has 0 radical (unpaired) electrons. The summed E-state index contributed by atoms with van der Waals surface area (Å²) in [6.45, 7) is 1.99. The first kappa shape index (κ1) is 22.1. The van der Waals surface area contributed by atoms with Crippen LogP contribution < -0.4 is 4.74 Å². The standard InChI is InChI=1S/C26H19ClN4O2S/c1-16(18-7-3-2-4-8-18)33-19-13-11-17(12-14-19)15-21-23(28)31-26(29-24(21)32)34-25(30-31)20-9-5-6-10-22(20)27/h2-16,28H,1H3/b21-15-,28-23?/t16-/m1/s1. The van der Waals surface area contributed by atoms with Crippen LogP contribution >= 0.6 is 23.4 Å². The maximum absolute atomic E-state index is 12.7. The van der Waals surface area contributed by atoms with E-state index < -0.39 is 5.91 Å². The van der Waals surface area contributed by atoms with Gasteiger partial charge in [0.15, 0.2) is 5.84 Å². The maximum Gasteiger partial charge on any atom is 0.283 e. The number of amidine groups is 2. The van der Waals surface area contributed by atoms with E-state index >= 15 is 0 Å². The van der Waals surface area contributed by atoms with E-state index in [2.05, 4.69) is 10.1 Å². The van der Waals surface area contributed by atoms with Gasteiger partial charge in [0, 0.05) is 5.56 Å². The van der Waals surface area contributed by atoms with Gasteiger partial charge >= 0.3 is 0 Å². The van der Waals surface area contributed by atoms with Crippen molar-refractivity contribution in [2.24, 2.45) is 10.1 Å². The quantitative estimate of drug-likeness (QED) is 0.439. The van der Waals surface area contributed by atoms with E-state index in [1.54, 1.807) is 12.1 Å². The summed E-state index contributed by atoms with van der Waals surface area (Å²) in [5.41, 5.74) is 2.75. The molecular formula is C26H19ClN4O2S. The SMILES string of the molecule is C[C@@H](Oc1ccc(/C=C2/C(=N)N3N=C(c4ccccc4Cl)SC3=NC2=O)cc1)c1ccccc1. The highest BCUT2D eigenvalue weighted by molar-refractivity contribution is 8.27. The number of ether oxygens (including phenoxy) is 1. The van der Waals surface area contributed by atoms with E-state index in [0.717, 1.165) is 16.7 Å². The molecule has 5 rings (SSSR count). The van der Waals surface area contributed by atoms with Gasteiger partial charge < -0.3 is 4.74 Å². The van der Waals surface area contributed by atoms with Crippen molar-refractivity contribution in [1.82, 2.24) is 5.01 Å². The summed E-state index contributed by atoms with van der Waals surface area (Å²) < 4.78 is 6.02. The van der Waals surface area contributed by atoms with Crippen LogP contribution in [0.15, 0.2) is 94.5 Å². The minimum atomic E-state index is -0.475. The third-order valence-electron chi connectivity index (χ3n) is 5.33. The van der Waals surface area contributed by atoms with Crippen molar-refractivity contribution in [3.63, 3.8) is 0 Å². The zero-order valence-electron chi connectivity index (χ0n) is 18.1. The summed E-state index contributed by atoms with van der Waals surface area (Å²) in [4.78, 5) is 16.8. The molecular weight excluding hydrogens is 468 g/mol. The summed E-state index contributed by atoms with van der Waals surface area (Å²) in [6.07, 6.45) is 1.55. The molecule has 6 nitrogen and oxygen atoms in total. The molecule has 0 fully saturated rings. The van der Waals surface area contributed by atoms with Crippen LogP contribution in [-0.2, 0) is 4.79 Å². The molecule has 8 heteroatoms. The predicted octanol–water partition coefficient (Wildman–Crippen LogP) is 6.15. The molecule has 2 heterocycles. The summed E-state index contributed by atoms with van der Waals surface area (Å²) in [5.74, 6) is 0.216. The molecule has 1 N–H and O–H groups in total. The lowest BCUT2D eigenvalue weighted by Gasteiger charge is -2.20. The molecule has 0 bridgehead atoms. The molecule has 2 aliphatic heterocycles. The fourth-order valence-corrected chi connectivity index (χ4v) is 4.75. The van der Waals surface area contributed by atoms with E-state index in [-0.39, 0.29) is 17.5 Å². The second-order valence-corrected chi connectivity index (χ2v) is 9.01. The number of aliphatic imine (C=N–C) groups is 1. The molecule has 3 aromatic carbocycles. The Morgan fingerprint density at radius 3 is 2.47 bits per heavy atom. The monoisotopic (exact) mass is 486 g/mol. The number of hydrogen-bond acceptors (Lipinski definition) is 5. The lowest BCUT2D eigenvalue weighted by atomic mass is 10.1. The van der Waals surface area contributed by atoms with Gasteiger partial charge in [-0.1, -0.05) is 72.3 Å². The average Bonchev–Trinajstić information content (AvgIpc) is 3.27. The number of carbonyl (C=O) groups excluding carboxylic acids is 1. The van der Waals surface area contributed by atoms with Gasteiger partial charge in [-0.15, -0.1) is 0 Å². The van der Waals surface area contributed by atoms with Gasteiger partial charge in [-0.2, -0.15) is 15.1 Å². The molecule has 0 spiro atoms. The number of halogens is 1. The fourth-order valence-electron chi connectivity index (χ4n) is 3.54. The summed E-state index contributed by atoms with van der Waals surface area (Å²) >= 11 is 7.51. The van der Waals surface area contributed by atoms with E-state index in [0.29, 0.717) is 21.0 Å². The Bertz CT molecular complexity index is 1370. The van der Waals surface area contributed by atoms with Crippen LogP contribution in [0.1, 0.15) is 29.7 Å². The molecule has 0 aliphatic carbocycles. The van der Waals surface area contributed by atoms with Gasteiger partial charge in [0.05, 0.1) is 10.6 Å². The van der Waals surface area contributed by atoms with Crippen molar-refractivity contribution in [1.29, 1.82) is 5.41 Å². The average molecular weight is 487 g/mol. The first-order valence-electron chi connectivity index (χ1n) is 10.6. The first-order valence-corrected chi connectivity index (χ1v) is 11.8. The van der Waals surface area contributed by atoms with Gasteiger partial charge in [-0.05, 0) is 54.1 Å². The number of benzene rings is 3. The summed E-state index contributed by atoms with van der Waals surface area (Å²) in [7, 11) is 0. The fraction of sp³-hybridized carbons (Fsp3) is 0.0769. The molecule has 1 amide bonds. The molecule has 168 valence electrons. The van der Waals surface area contributed by atoms with Crippen LogP contribution in [0.25, 0.3) is 6.08 Å². The smallest absolute Gasteiger partial charge is 0.283 e. The van der Waals surface area contributed by atoms with Gasteiger partial charge in [0.1, 0.15) is 16.9 Å². The second kappa shape index (κ2) is 9.29. The van der Waals surface area contributed by atoms with Crippen molar-refractivity contribution < 1.29 is 9.53 Å². The number of nitrogens with one attached hydrogen (secondary N) is 1. The number of amides is 1. The predicted molar refractivity (Wildman–Crippen MR) is 137 cm³/mol. The van der Waals surface area contributed by atoms with Crippen LogP contribution in [0.4, 0.5) is 0 Å². The summed E-state index contributed by atoms with van der Waals surface area (Å²) in [5, 5.41) is 15.9. The Kier molecular flexibility index (Phi) is 6.04. The number of carbonyl (C=O) groups is 1. The minimum Gasteiger partial charge on any atom is -0.486 e. The highest BCUT2D eigenvalue weighted by Crippen LogP contribution is 2.33. The van der Waals surface area contributed by atoms with E-state index in [1.807, 2.05) is 79.7 Å². The summed E-state index contributed by atoms with van der Waals surface area (Å²) in [6, 6.07) is 24.7. The Balaban J connectivity index is 1.35. The van der Waals surface area contributed by atoms with Crippen LogP contribution in [-0.4, -0.2) is 27.0 Å². The molecule has 0 aromatic heterocycles. The third kappa shape index (κ3) is 4.40. The van der Waals surface area contributed by atoms with Crippen molar-refractivity contribution in [2.45, 2.75) is 13.0 Å². The van der Waals surface area contributed by atoms with Gasteiger partial charge in [0.2, 0.25) is 5.17 Å². The van der Waals surface area contributed by atoms with Crippen LogP contribution in [0.5, 0.6) is 5.75 Å². The number of hydrazone groups is 1. The van der Waals surface area contributed by atoms with Gasteiger partial charge in [-0.25, -0.2) is 0 Å². The van der Waals surface area contributed by atoms with Gasteiger partial charge in [-0.3, -0.25) is 10.2 Å². The third-order valence-corrected chi connectivity index (χ3v) is 6.60. The topological polar surface area (TPSA) is 78.1 Å². The highest BCUT2D eigenvalue weighted by Gasteiger charge is 2.36. The normalized spacial score (nSPS) is 17.4. The van der Waals surface area contributed by atoms with Crippen molar-refractivity contribution in [3.8, 4) is 5.75 Å². The Labute approximate surface area is 206 Å². The molecule has 0 saturated carbocycles. The second-order valence-electron chi connectivity index (χ2n) is 7.64. The van der Waals surface area contributed by atoms with E-state index in [9.17, 15) is 4.79 Å². The molecule has 2 aliphatic rings. The Morgan fingerprint density at radius 1 is 1.03 bits per heavy atom. The van der Waals surface area contributed by atoms with Crippen LogP contribution in [0, 0.1) is 5.41 Å². The number of hydrogen-bond donors (Lipinski definition) is 1. The van der Waals surface area contributed by atoms with Crippen LogP contribution in [0.3, 0.4) is 0 Å². The van der Waals surface area contributed by atoms with E-state index in [1.165, 1.54) is 16.8 Å². The molecule has 0 unspecified atom stereocenters. The highest BCUT2D eigenvalue weighted by atomic mass is 35.5. The van der Waals surface area contributed by atoms with Crippen molar-refractivity contribution >= 4 is 51.4 Å². The largest absolute Gasteiger partial charge is 0.486 e. The molecule has 3 aromatic rings. The van der Waals surface area contributed by atoms with Gasteiger partial charge in [0.25, 0.3) is 5.91 Å². The lowest BCUT2D eigenvalue weighted by molar-refractivity contribution is -0.114. The van der Waals surface area contributed by atoms with Crippen molar-refractivity contribution in [2.75, 3.05) is 0 Å². The zero-order chi connectivity index (χ0) is 23.7. The van der Waals surface area contributed by atoms with E-state index in [4.69, 9.17) is 21.7 Å².